The molecule has 2 unspecified atom stereocenters. The van der Waals surface area contributed by atoms with E-state index in [0.717, 1.165) is 25.1 Å². The molecule has 1 N–H and O–H groups in total. The van der Waals surface area contributed by atoms with E-state index < -0.39 is 0 Å². The molecule has 1 aliphatic rings. The largest absolute Gasteiger partial charge is 0.369 e. The van der Waals surface area contributed by atoms with Crippen molar-refractivity contribution in [1.82, 2.24) is 10.3 Å². The predicted molar refractivity (Wildman–Crippen MR) is 60.0 cm³/mol. The van der Waals surface area contributed by atoms with Crippen molar-refractivity contribution in [2.24, 2.45) is 0 Å². The maximum absolute atomic E-state index is 5.89. The first-order valence-corrected chi connectivity index (χ1v) is 5.61. The molecule has 0 bridgehead atoms. The van der Waals surface area contributed by atoms with Gasteiger partial charge in [0.1, 0.15) is 5.15 Å². The molecule has 0 aliphatic carbocycles. The van der Waals surface area contributed by atoms with Crippen molar-refractivity contribution in [3.63, 3.8) is 0 Å². The van der Waals surface area contributed by atoms with Crippen LogP contribution < -0.4 is 5.32 Å². The first-order valence-electron chi connectivity index (χ1n) is 5.23. The van der Waals surface area contributed by atoms with Gasteiger partial charge >= 0.3 is 0 Å². The van der Waals surface area contributed by atoms with Crippen LogP contribution >= 0.6 is 11.6 Å². The van der Waals surface area contributed by atoms with Crippen molar-refractivity contribution in [3.05, 3.63) is 29.0 Å². The third-order valence-electron chi connectivity index (χ3n) is 2.63. The average Bonchev–Trinajstić information content (AvgIpc) is 2.71. The van der Waals surface area contributed by atoms with Gasteiger partial charge in [-0.15, -0.1) is 0 Å². The van der Waals surface area contributed by atoms with Gasteiger partial charge in [0.25, 0.3) is 0 Å². The maximum atomic E-state index is 5.89. The van der Waals surface area contributed by atoms with Crippen LogP contribution in [0.15, 0.2) is 18.3 Å². The smallest absolute Gasteiger partial charge is 0.129 e. The second-order valence-corrected chi connectivity index (χ2v) is 4.19. The summed E-state index contributed by atoms with van der Waals surface area (Å²) in [5.41, 5.74) is 1.08. The third kappa shape index (κ3) is 2.91. The zero-order chi connectivity index (χ0) is 10.7. The lowest BCUT2D eigenvalue weighted by Gasteiger charge is -2.17. The molecule has 0 saturated carbocycles. The molecule has 0 spiro atoms. The summed E-state index contributed by atoms with van der Waals surface area (Å²) >= 11 is 5.72. The Balaban J connectivity index is 1.94. The van der Waals surface area contributed by atoms with Crippen LogP contribution in [0.5, 0.6) is 0 Å². The van der Waals surface area contributed by atoms with Gasteiger partial charge in [0.15, 0.2) is 0 Å². The quantitative estimate of drug-likeness (QED) is 0.803. The molecule has 0 amide bonds. The van der Waals surface area contributed by atoms with Crippen LogP contribution in [0.4, 0.5) is 0 Å². The Morgan fingerprint density at radius 2 is 2.47 bits per heavy atom. The molecule has 82 valence electrons. The lowest BCUT2D eigenvalue weighted by Crippen LogP contribution is -2.18. The summed E-state index contributed by atoms with van der Waals surface area (Å²) in [5.74, 6) is 0. The highest BCUT2D eigenvalue weighted by atomic mass is 35.5. The molecule has 2 atom stereocenters. The fourth-order valence-corrected chi connectivity index (χ4v) is 1.85. The van der Waals surface area contributed by atoms with Gasteiger partial charge in [0.2, 0.25) is 0 Å². The summed E-state index contributed by atoms with van der Waals surface area (Å²) < 4.78 is 5.89. The molecule has 1 fully saturated rings. The Bertz CT molecular complexity index is 309. The number of halogens is 1. The molecule has 0 aromatic carbocycles. The van der Waals surface area contributed by atoms with Crippen LogP contribution in [0.25, 0.3) is 0 Å². The normalized spacial score (nSPS) is 22.9. The topological polar surface area (TPSA) is 34.1 Å². The van der Waals surface area contributed by atoms with E-state index in [1.807, 2.05) is 13.0 Å². The first-order chi connectivity index (χ1) is 7.25. The fourth-order valence-electron chi connectivity index (χ4n) is 1.74. The van der Waals surface area contributed by atoms with E-state index in [2.05, 4.69) is 10.3 Å². The van der Waals surface area contributed by atoms with E-state index in [-0.39, 0.29) is 6.10 Å². The van der Waals surface area contributed by atoms with Gasteiger partial charge in [-0.2, -0.15) is 0 Å². The average molecular weight is 227 g/mol. The number of rotatable bonds is 3. The number of ether oxygens (including phenoxy) is 1. The second-order valence-electron chi connectivity index (χ2n) is 3.81. The summed E-state index contributed by atoms with van der Waals surface area (Å²) in [4.78, 5) is 4.04. The van der Waals surface area contributed by atoms with Crippen molar-refractivity contribution in [3.8, 4) is 0 Å². The molecule has 1 saturated heterocycles. The van der Waals surface area contributed by atoms with Crippen molar-refractivity contribution in [1.29, 1.82) is 0 Å². The summed E-state index contributed by atoms with van der Waals surface area (Å²) in [6, 6.07) is 3.76. The second kappa shape index (κ2) is 4.92. The number of pyridine rings is 1. The fraction of sp³-hybridized carbons (Fsp3) is 0.545. The highest BCUT2D eigenvalue weighted by Crippen LogP contribution is 2.20. The summed E-state index contributed by atoms with van der Waals surface area (Å²) in [5, 5.41) is 3.80. The van der Waals surface area contributed by atoms with E-state index in [4.69, 9.17) is 16.3 Å². The maximum Gasteiger partial charge on any atom is 0.129 e. The number of nitrogens with zero attached hydrogens (tertiary/aromatic N) is 1. The Labute approximate surface area is 94.8 Å². The lowest BCUT2D eigenvalue weighted by atomic mass is 10.2. The lowest BCUT2D eigenvalue weighted by molar-refractivity contribution is 0.00812. The number of aromatic nitrogens is 1. The summed E-state index contributed by atoms with van der Waals surface area (Å²) in [6.07, 6.45) is 3.27. The predicted octanol–water partition coefficient (Wildman–Crippen LogP) is 2.17. The Morgan fingerprint density at radius 3 is 3.07 bits per heavy atom. The molecular weight excluding hydrogens is 212 g/mol. The van der Waals surface area contributed by atoms with Gasteiger partial charge in [-0.3, -0.25) is 0 Å². The van der Waals surface area contributed by atoms with Crippen LogP contribution in [-0.4, -0.2) is 24.2 Å². The molecule has 1 aliphatic heterocycles. The number of nitrogens with one attached hydrogen (secondary N) is 1. The Morgan fingerprint density at radius 1 is 1.60 bits per heavy atom. The van der Waals surface area contributed by atoms with Crippen LogP contribution in [0.1, 0.15) is 25.0 Å². The van der Waals surface area contributed by atoms with E-state index in [1.165, 1.54) is 0 Å². The summed E-state index contributed by atoms with van der Waals surface area (Å²) in [6.45, 7) is 4.05. The van der Waals surface area contributed by atoms with Gasteiger partial charge in [-0.05, 0) is 31.5 Å². The van der Waals surface area contributed by atoms with Crippen LogP contribution in [0.3, 0.4) is 0 Å². The molecular formula is C11H15ClN2O. The highest BCUT2D eigenvalue weighted by Gasteiger charge is 2.18. The van der Waals surface area contributed by atoms with Crippen LogP contribution in [0.2, 0.25) is 5.15 Å². The molecule has 2 heterocycles. The van der Waals surface area contributed by atoms with Crippen LogP contribution in [-0.2, 0) is 4.74 Å². The zero-order valence-electron chi connectivity index (χ0n) is 8.74. The van der Waals surface area contributed by atoms with Crippen molar-refractivity contribution in [2.45, 2.75) is 25.6 Å². The van der Waals surface area contributed by atoms with Crippen molar-refractivity contribution < 1.29 is 4.74 Å². The molecule has 15 heavy (non-hydrogen) atoms. The Kier molecular flexibility index (Phi) is 3.57. The molecule has 1 aromatic rings. The molecule has 0 radical (unpaired) electrons. The molecule has 3 nitrogen and oxygen atoms in total. The molecule has 4 heteroatoms. The van der Waals surface area contributed by atoms with E-state index >= 15 is 0 Å². The highest BCUT2D eigenvalue weighted by molar-refractivity contribution is 6.29. The monoisotopic (exact) mass is 226 g/mol. The zero-order valence-corrected chi connectivity index (χ0v) is 9.50. The SMILES string of the molecule is CC(OC1CCNC1)c1ccc(Cl)nc1. The van der Waals surface area contributed by atoms with E-state index in [0.29, 0.717) is 11.3 Å². The standard InChI is InChI=1S/C11H15ClN2O/c1-8(15-10-4-5-13-7-10)9-2-3-11(12)14-6-9/h2-3,6,8,10,13H,4-5,7H2,1H3. The van der Waals surface area contributed by atoms with Gasteiger partial charge in [0, 0.05) is 12.7 Å². The molecule has 1 aromatic heterocycles. The number of hydrogen-bond acceptors (Lipinski definition) is 3. The third-order valence-corrected chi connectivity index (χ3v) is 2.85. The van der Waals surface area contributed by atoms with Gasteiger partial charge in [-0.25, -0.2) is 4.98 Å². The van der Waals surface area contributed by atoms with Crippen molar-refractivity contribution in [2.75, 3.05) is 13.1 Å². The minimum absolute atomic E-state index is 0.0830. The minimum atomic E-state index is 0.0830. The Hall–Kier alpha value is -0.640. The number of hydrogen-bond donors (Lipinski definition) is 1. The summed E-state index contributed by atoms with van der Waals surface area (Å²) in [7, 11) is 0. The van der Waals surface area contributed by atoms with E-state index in [1.54, 1.807) is 12.3 Å². The van der Waals surface area contributed by atoms with Gasteiger partial charge < -0.3 is 10.1 Å². The minimum Gasteiger partial charge on any atom is -0.369 e. The van der Waals surface area contributed by atoms with E-state index in [9.17, 15) is 0 Å². The van der Waals surface area contributed by atoms with Gasteiger partial charge in [0.05, 0.1) is 12.2 Å². The van der Waals surface area contributed by atoms with Crippen LogP contribution in [0, 0.1) is 0 Å². The molecule has 2 rings (SSSR count). The van der Waals surface area contributed by atoms with Gasteiger partial charge in [-0.1, -0.05) is 17.7 Å². The first kappa shape index (κ1) is 10.9. The van der Waals surface area contributed by atoms with Crippen molar-refractivity contribution >= 4 is 11.6 Å².